The lowest BCUT2D eigenvalue weighted by Gasteiger charge is -2.00. The Labute approximate surface area is 83.8 Å². The van der Waals surface area contributed by atoms with E-state index in [0.717, 1.165) is 18.4 Å². The molecule has 0 aliphatic carbocycles. The largest absolute Gasteiger partial charge is 0.353 e. The van der Waals surface area contributed by atoms with E-state index in [-0.39, 0.29) is 5.91 Å². The third-order valence-electron chi connectivity index (χ3n) is 1.47. The number of hydrogen-bond donors (Lipinski definition) is 1. The van der Waals surface area contributed by atoms with Gasteiger partial charge in [0.2, 0.25) is 5.91 Å². The Hall–Kier alpha value is -1.48. The molecule has 1 amide bonds. The summed E-state index contributed by atoms with van der Waals surface area (Å²) in [4.78, 5) is 13.7. The van der Waals surface area contributed by atoms with E-state index in [4.69, 9.17) is 5.53 Å². The Morgan fingerprint density at radius 3 is 2.79 bits per heavy atom. The first-order chi connectivity index (χ1) is 6.66. The molecule has 14 heavy (non-hydrogen) atoms. The van der Waals surface area contributed by atoms with Gasteiger partial charge in [-0.2, -0.15) is 0 Å². The highest BCUT2D eigenvalue weighted by Crippen LogP contribution is 1.90. The molecule has 0 aromatic heterocycles. The van der Waals surface area contributed by atoms with Crippen molar-refractivity contribution in [2.45, 2.75) is 26.7 Å². The predicted molar refractivity (Wildman–Crippen MR) is 55.7 cm³/mol. The molecule has 0 aliphatic heterocycles. The van der Waals surface area contributed by atoms with E-state index in [0.29, 0.717) is 13.1 Å². The van der Waals surface area contributed by atoms with Gasteiger partial charge in [-0.1, -0.05) is 10.7 Å². The molecular formula is C9H16N4O. The lowest BCUT2D eigenvalue weighted by atomic mass is 10.3. The van der Waals surface area contributed by atoms with Gasteiger partial charge >= 0.3 is 0 Å². The zero-order valence-electron chi connectivity index (χ0n) is 8.66. The highest BCUT2D eigenvalue weighted by molar-refractivity contribution is 5.87. The Morgan fingerprint density at radius 2 is 2.21 bits per heavy atom. The molecule has 1 N–H and O–H groups in total. The molecule has 0 atom stereocenters. The molecule has 0 fully saturated rings. The van der Waals surface area contributed by atoms with Crippen LogP contribution in [0.4, 0.5) is 0 Å². The summed E-state index contributed by atoms with van der Waals surface area (Å²) in [6.45, 7) is 4.88. The van der Waals surface area contributed by atoms with Crippen LogP contribution in [0.15, 0.2) is 16.8 Å². The number of amides is 1. The second-order valence-corrected chi connectivity index (χ2v) is 3.17. The van der Waals surface area contributed by atoms with E-state index in [2.05, 4.69) is 15.3 Å². The van der Waals surface area contributed by atoms with Crippen molar-refractivity contribution < 1.29 is 4.79 Å². The zero-order valence-corrected chi connectivity index (χ0v) is 8.66. The summed E-state index contributed by atoms with van der Waals surface area (Å²) in [5.74, 6) is -0.0613. The van der Waals surface area contributed by atoms with Crippen molar-refractivity contribution >= 4 is 5.91 Å². The first kappa shape index (κ1) is 12.5. The number of azide groups is 1. The van der Waals surface area contributed by atoms with Crippen molar-refractivity contribution in [3.8, 4) is 0 Å². The Balaban J connectivity index is 3.41. The van der Waals surface area contributed by atoms with E-state index in [1.165, 1.54) is 0 Å². The molecule has 78 valence electrons. The van der Waals surface area contributed by atoms with Crippen molar-refractivity contribution in [3.63, 3.8) is 0 Å². The van der Waals surface area contributed by atoms with Gasteiger partial charge in [-0.05, 0) is 32.2 Å². The van der Waals surface area contributed by atoms with Gasteiger partial charge in [-0.25, -0.2) is 0 Å². The number of allylic oxidation sites excluding steroid dienone is 1. The van der Waals surface area contributed by atoms with Crippen LogP contribution in [0, 0.1) is 0 Å². The Bertz CT molecular complexity index is 250. The van der Waals surface area contributed by atoms with E-state index in [1.54, 1.807) is 6.08 Å². The molecule has 5 nitrogen and oxygen atoms in total. The Morgan fingerprint density at radius 1 is 1.50 bits per heavy atom. The lowest BCUT2D eigenvalue weighted by Crippen LogP contribution is -2.22. The molecule has 0 saturated heterocycles. The Kier molecular flexibility index (Phi) is 7.27. The van der Waals surface area contributed by atoms with Gasteiger partial charge in [0.15, 0.2) is 0 Å². The van der Waals surface area contributed by atoms with E-state index < -0.39 is 0 Å². The fraction of sp³-hybridized carbons (Fsp3) is 0.667. The maximum atomic E-state index is 11.1. The minimum absolute atomic E-state index is 0.0613. The molecule has 0 rings (SSSR count). The normalized spacial score (nSPS) is 8.71. The summed E-state index contributed by atoms with van der Waals surface area (Å²) < 4.78 is 0. The van der Waals surface area contributed by atoms with Gasteiger partial charge < -0.3 is 5.32 Å². The topological polar surface area (TPSA) is 77.9 Å². The third-order valence-corrected chi connectivity index (χ3v) is 1.47. The summed E-state index contributed by atoms with van der Waals surface area (Å²) in [6.07, 6.45) is 3.20. The maximum absolute atomic E-state index is 11.1. The molecular weight excluding hydrogens is 180 g/mol. The fourth-order valence-corrected chi connectivity index (χ4v) is 0.877. The highest BCUT2D eigenvalue weighted by atomic mass is 16.1. The number of nitrogens with zero attached hydrogens (tertiary/aromatic N) is 3. The number of carbonyl (C=O) groups is 1. The zero-order chi connectivity index (χ0) is 10.8. The molecule has 5 heteroatoms. The molecule has 0 aromatic rings. The van der Waals surface area contributed by atoms with Gasteiger partial charge in [-0.15, -0.1) is 0 Å². The first-order valence-electron chi connectivity index (χ1n) is 4.60. The van der Waals surface area contributed by atoms with Crippen LogP contribution in [-0.4, -0.2) is 19.0 Å². The quantitative estimate of drug-likeness (QED) is 0.228. The molecule has 0 bridgehead atoms. The lowest BCUT2D eigenvalue weighted by molar-refractivity contribution is -0.116. The summed E-state index contributed by atoms with van der Waals surface area (Å²) in [5.41, 5.74) is 8.97. The second kappa shape index (κ2) is 8.13. The van der Waals surface area contributed by atoms with Gasteiger partial charge in [0.05, 0.1) is 0 Å². The van der Waals surface area contributed by atoms with Crippen LogP contribution in [0.25, 0.3) is 10.4 Å². The van der Waals surface area contributed by atoms with Crippen LogP contribution >= 0.6 is 0 Å². The summed E-state index contributed by atoms with van der Waals surface area (Å²) in [5, 5.41) is 6.13. The predicted octanol–water partition coefficient (Wildman–Crippen LogP) is 2.16. The van der Waals surface area contributed by atoms with Gasteiger partial charge in [-0.3, -0.25) is 4.79 Å². The maximum Gasteiger partial charge on any atom is 0.243 e. The van der Waals surface area contributed by atoms with Crippen LogP contribution in [0.3, 0.4) is 0 Å². The van der Waals surface area contributed by atoms with Gasteiger partial charge in [0.25, 0.3) is 0 Å². The molecule has 0 aromatic carbocycles. The minimum Gasteiger partial charge on any atom is -0.353 e. The number of nitrogens with one attached hydrogen (secondary N) is 1. The van der Waals surface area contributed by atoms with Crippen LogP contribution in [0.1, 0.15) is 26.7 Å². The van der Waals surface area contributed by atoms with Crippen LogP contribution in [0.5, 0.6) is 0 Å². The second-order valence-electron chi connectivity index (χ2n) is 3.17. The summed E-state index contributed by atoms with van der Waals surface area (Å²) in [7, 11) is 0. The van der Waals surface area contributed by atoms with Gasteiger partial charge in [0.1, 0.15) is 0 Å². The summed E-state index contributed by atoms with van der Waals surface area (Å²) in [6, 6.07) is 0. The number of hydrogen-bond acceptors (Lipinski definition) is 2. The highest BCUT2D eigenvalue weighted by Gasteiger charge is 1.94. The van der Waals surface area contributed by atoms with Crippen molar-refractivity contribution in [3.05, 3.63) is 22.1 Å². The van der Waals surface area contributed by atoms with Crippen LogP contribution in [-0.2, 0) is 4.79 Å². The van der Waals surface area contributed by atoms with Crippen molar-refractivity contribution in [2.24, 2.45) is 5.11 Å². The minimum atomic E-state index is -0.0613. The number of rotatable bonds is 6. The molecule has 0 spiro atoms. The van der Waals surface area contributed by atoms with E-state index in [9.17, 15) is 4.79 Å². The number of carbonyl (C=O) groups excluding carboxylic acids is 1. The molecule has 0 radical (unpaired) electrons. The smallest absolute Gasteiger partial charge is 0.243 e. The molecule has 0 aliphatic rings. The summed E-state index contributed by atoms with van der Waals surface area (Å²) >= 11 is 0. The first-order valence-corrected chi connectivity index (χ1v) is 4.60. The van der Waals surface area contributed by atoms with Crippen LogP contribution < -0.4 is 5.32 Å². The monoisotopic (exact) mass is 196 g/mol. The molecule has 0 unspecified atom stereocenters. The van der Waals surface area contributed by atoms with E-state index >= 15 is 0 Å². The van der Waals surface area contributed by atoms with Crippen molar-refractivity contribution in [1.82, 2.24) is 5.32 Å². The van der Waals surface area contributed by atoms with Crippen molar-refractivity contribution in [1.29, 1.82) is 0 Å². The average molecular weight is 196 g/mol. The number of unbranched alkanes of at least 4 members (excludes halogenated alkanes) is 1. The standard InChI is InChI=1S/C9H16N4O/c1-8(2)7-9(14)11-5-3-4-6-12-13-10/h7H,3-6H2,1-2H3,(H,11,14). The fourth-order valence-electron chi connectivity index (χ4n) is 0.877. The van der Waals surface area contributed by atoms with Crippen molar-refractivity contribution in [2.75, 3.05) is 13.1 Å². The molecule has 0 saturated carbocycles. The SMILES string of the molecule is CC(C)=CC(=O)NCCCCN=[N+]=[N-]. The third kappa shape index (κ3) is 8.62. The molecule has 0 heterocycles. The van der Waals surface area contributed by atoms with E-state index in [1.807, 2.05) is 13.8 Å². The van der Waals surface area contributed by atoms with Crippen LogP contribution in [0.2, 0.25) is 0 Å². The average Bonchev–Trinajstić information content (AvgIpc) is 2.10. The van der Waals surface area contributed by atoms with Gasteiger partial charge in [0, 0.05) is 24.1 Å².